The number of nitrogens with one attached hydrogen (secondary N) is 1. The molecule has 1 N–H and O–H groups in total. The van der Waals surface area contributed by atoms with Gasteiger partial charge in [-0.1, -0.05) is 24.3 Å². The first-order valence-electron chi connectivity index (χ1n) is 13.3. The zero-order valence-electron chi connectivity index (χ0n) is 22.4. The van der Waals surface area contributed by atoms with Crippen molar-refractivity contribution in [1.82, 2.24) is 19.5 Å². The van der Waals surface area contributed by atoms with Gasteiger partial charge in [-0.05, 0) is 43.0 Å². The van der Waals surface area contributed by atoms with Crippen LogP contribution in [-0.2, 0) is 26.0 Å². The number of aromatic nitrogens is 1. The number of furan rings is 1. The van der Waals surface area contributed by atoms with Crippen LogP contribution >= 0.6 is 11.3 Å². The lowest BCUT2D eigenvalue weighted by Crippen LogP contribution is -2.53. The van der Waals surface area contributed by atoms with E-state index in [1.54, 1.807) is 19.1 Å². The molecule has 2 aliphatic heterocycles. The summed E-state index contributed by atoms with van der Waals surface area (Å²) in [5.74, 6) is -1.48. The van der Waals surface area contributed by atoms with Crippen LogP contribution in [-0.4, -0.2) is 76.5 Å². The zero-order valence-corrected chi connectivity index (χ0v) is 24.1. The second kappa shape index (κ2) is 10.9. The van der Waals surface area contributed by atoms with Crippen molar-refractivity contribution in [2.45, 2.75) is 37.9 Å². The number of amides is 2. The maximum atomic E-state index is 14.0. The van der Waals surface area contributed by atoms with Crippen LogP contribution < -0.4 is 5.32 Å². The van der Waals surface area contributed by atoms with Gasteiger partial charge in [0.15, 0.2) is 11.5 Å². The predicted octanol–water partition coefficient (Wildman–Crippen LogP) is 2.56. The van der Waals surface area contributed by atoms with Gasteiger partial charge in [0.25, 0.3) is 21.0 Å². The van der Waals surface area contributed by atoms with Crippen LogP contribution in [0.3, 0.4) is 0 Å². The van der Waals surface area contributed by atoms with Crippen molar-refractivity contribution in [3.8, 4) is 0 Å². The lowest BCUT2D eigenvalue weighted by Gasteiger charge is -2.28. The van der Waals surface area contributed by atoms with E-state index in [0.29, 0.717) is 11.1 Å². The van der Waals surface area contributed by atoms with Gasteiger partial charge in [0.05, 0.1) is 18.2 Å². The minimum Gasteiger partial charge on any atom is -0.451 e. The number of benzene rings is 1. The molecule has 42 heavy (non-hydrogen) atoms. The summed E-state index contributed by atoms with van der Waals surface area (Å²) in [6.45, 7) is 1.34. The van der Waals surface area contributed by atoms with E-state index in [1.165, 1.54) is 34.6 Å². The Hall–Kier alpha value is -4.20. The Morgan fingerprint density at radius 3 is 2.67 bits per heavy atom. The van der Waals surface area contributed by atoms with E-state index in [2.05, 4.69) is 10.3 Å². The van der Waals surface area contributed by atoms with Crippen LogP contribution in [0.1, 0.15) is 37.8 Å². The first-order valence-corrected chi connectivity index (χ1v) is 15.6. The van der Waals surface area contributed by atoms with Crippen molar-refractivity contribution in [1.29, 1.82) is 0 Å². The van der Waals surface area contributed by atoms with Crippen LogP contribution in [0.4, 0.5) is 0 Å². The topological polar surface area (TPSA) is 147 Å². The molecule has 2 aliphatic rings. The number of fused-ring (bicyclic) bond motifs is 2. The number of para-hydroxylation sites is 1. The number of thiophene rings is 1. The number of ketones is 1. The van der Waals surface area contributed by atoms with E-state index in [0.717, 1.165) is 20.8 Å². The third kappa shape index (κ3) is 4.82. The third-order valence-corrected chi connectivity index (χ3v) is 10.4. The average Bonchev–Trinajstić information content (AvgIpc) is 3.79. The van der Waals surface area contributed by atoms with E-state index < -0.39 is 57.4 Å². The number of hydrogen-bond donors (Lipinski definition) is 1. The van der Waals surface area contributed by atoms with Crippen molar-refractivity contribution in [2.24, 2.45) is 0 Å². The van der Waals surface area contributed by atoms with Crippen molar-refractivity contribution in [2.75, 3.05) is 13.1 Å². The molecule has 2 saturated heterocycles. The maximum Gasteiger partial charge on any atom is 0.293 e. The summed E-state index contributed by atoms with van der Waals surface area (Å²) in [6.07, 6.45) is 2.91. The maximum absolute atomic E-state index is 14.0. The Labute approximate surface area is 245 Å². The number of pyridine rings is 1. The van der Waals surface area contributed by atoms with Crippen LogP contribution in [0, 0.1) is 6.92 Å². The normalized spacial score (nSPS) is 19.6. The van der Waals surface area contributed by atoms with Gasteiger partial charge in [0, 0.05) is 41.2 Å². The van der Waals surface area contributed by atoms with E-state index in [4.69, 9.17) is 4.42 Å². The molecule has 5 heterocycles. The molecule has 6 rings (SSSR count). The zero-order chi connectivity index (χ0) is 29.6. The highest BCUT2D eigenvalue weighted by atomic mass is 32.2. The summed E-state index contributed by atoms with van der Waals surface area (Å²) in [4.78, 5) is 59.5. The van der Waals surface area contributed by atoms with Crippen LogP contribution in [0.25, 0.3) is 11.0 Å². The second-order valence-electron chi connectivity index (χ2n) is 10.2. The summed E-state index contributed by atoms with van der Waals surface area (Å²) in [7, 11) is -4.55. The molecule has 1 aromatic carbocycles. The molecule has 3 atom stereocenters. The van der Waals surface area contributed by atoms with E-state index >= 15 is 0 Å². The number of sulfonamides is 1. The Bertz CT molecular complexity index is 1800. The number of carbonyl (C=O) groups excluding carboxylic acids is 4. The summed E-state index contributed by atoms with van der Waals surface area (Å²) >= 11 is 1.42. The van der Waals surface area contributed by atoms with Crippen molar-refractivity contribution < 1.29 is 32.0 Å². The third-order valence-electron chi connectivity index (χ3n) is 7.74. The number of aryl methyl sites for hydroxylation is 1. The first-order chi connectivity index (χ1) is 20.2. The number of carbonyl (C=O) groups is 4. The Balaban J connectivity index is 1.25. The molecule has 216 valence electrons. The van der Waals surface area contributed by atoms with Gasteiger partial charge in [0.2, 0.25) is 5.91 Å². The average molecular weight is 607 g/mol. The molecular formula is C29H26N4O7S2. The van der Waals surface area contributed by atoms with E-state index in [-0.39, 0.29) is 30.7 Å². The molecule has 11 nitrogen and oxygen atoms in total. The second-order valence-corrected chi connectivity index (χ2v) is 13.1. The van der Waals surface area contributed by atoms with Crippen LogP contribution in [0.2, 0.25) is 0 Å². The van der Waals surface area contributed by atoms with Gasteiger partial charge in [-0.25, -0.2) is 8.42 Å². The number of rotatable bonds is 7. The Morgan fingerprint density at radius 2 is 1.95 bits per heavy atom. The summed E-state index contributed by atoms with van der Waals surface area (Å²) < 4.78 is 33.3. The molecule has 0 bridgehead atoms. The van der Waals surface area contributed by atoms with E-state index in [9.17, 15) is 27.6 Å². The van der Waals surface area contributed by atoms with Gasteiger partial charge >= 0.3 is 0 Å². The first kappa shape index (κ1) is 27.9. The fraction of sp³-hybridized carbons (Fsp3) is 0.276. The Morgan fingerprint density at radius 1 is 1.14 bits per heavy atom. The van der Waals surface area contributed by atoms with Gasteiger partial charge in [-0.15, -0.1) is 11.3 Å². The lowest BCUT2D eigenvalue weighted by molar-refractivity contribution is -0.138. The van der Waals surface area contributed by atoms with Gasteiger partial charge in [-0.3, -0.25) is 24.2 Å². The van der Waals surface area contributed by atoms with Gasteiger partial charge in [-0.2, -0.15) is 4.31 Å². The molecule has 2 amide bonds. The SMILES string of the molecule is Cc1c(C(=O)NC(Cc2cccs2)C(=O)N2CCC3C2C(=O)CN3S(=O)(=O)C(=O)c2cccnc2)oc2ccccc12. The minimum absolute atomic E-state index is 0.0857. The lowest BCUT2D eigenvalue weighted by atomic mass is 10.1. The highest BCUT2D eigenvalue weighted by Crippen LogP contribution is 2.33. The molecule has 3 aromatic heterocycles. The number of hydrogen-bond acceptors (Lipinski definition) is 9. The van der Waals surface area contributed by atoms with Crippen molar-refractivity contribution in [3.05, 3.63) is 88.1 Å². The highest BCUT2D eigenvalue weighted by molar-refractivity contribution is 8.04. The quantitative estimate of drug-likeness (QED) is 0.338. The van der Waals surface area contributed by atoms with E-state index in [1.807, 2.05) is 29.6 Å². The van der Waals surface area contributed by atoms with Gasteiger partial charge in [0.1, 0.15) is 17.7 Å². The fourth-order valence-electron chi connectivity index (χ4n) is 5.72. The molecule has 0 saturated carbocycles. The molecule has 4 aromatic rings. The minimum atomic E-state index is -4.55. The fourth-order valence-corrected chi connectivity index (χ4v) is 7.98. The van der Waals surface area contributed by atoms with Crippen LogP contribution in [0.15, 0.2) is 70.7 Å². The number of Topliss-reactive ketones (excluding diaryl/α,β-unsaturated/α-hetero) is 1. The van der Waals surface area contributed by atoms with Crippen molar-refractivity contribution in [3.63, 3.8) is 0 Å². The standard InChI is InChI=1S/C29H26N4O7S2/c1-17-20-8-2-3-9-24(20)40-26(17)27(35)31-21(14-19-7-5-13-41-19)28(36)32-12-10-22-25(32)23(34)16-33(22)42(38,39)29(37)18-6-4-11-30-15-18/h2-9,11,13,15,21-22,25H,10,12,14,16H2,1H3,(H,31,35). The smallest absolute Gasteiger partial charge is 0.293 e. The van der Waals surface area contributed by atoms with Crippen LogP contribution in [0.5, 0.6) is 0 Å². The Kier molecular flexibility index (Phi) is 7.25. The largest absolute Gasteiger partial charge is 0.451 e. The summed E-state index contributed by atoms with van der Waals surface area (Å²) in [6, 6.07) is 10.7. The molecular weight excluding hydrogens is 580 g/mol. The van der Waals surface area contributed by atoms with Gasteiger partial charge < -0.3 is 14.6 Å². The molecule has 2 fully saturated rings. The summed E-state index contributed by atoms with van der Waals surface area (Å²) in [5, 5.41) is 4.29. The molecule has 0 aliphatic carbocycles. The molecule has 0 radical (unpaired) electrons. The predicted molar refractivity (Wildman–Crippen MR) is 153 cm³/mol. The molecule has 3 unspecified atom stereocenters. The highest BCUT2D eigenvalue weighted by Gasteiger charge is 2.55. The number of nitrogens with zero attached hydrogens (tertiary/aromatic N) is 3. The molecule has 0 spiro atoms. The monoisotopic (exact) mass is 606 g/mol. The molecule has 13 heteroatoms. The summed E-state index contributed by atoms with van der Waals surface area (Å²) in [5.41, 5.74) is 1.07. The van der Waals surface area contributed by atoms with Crippen molar-refractivity contribution >= 4 is 55.0 Å². The number of likely N-dealkylation sites (tertiary alicyclic amines) is 1.